The number of anilines is 1. The van der Waals surface area contributed by atoms with E-state index in [2.05, 4.69) is 34.5 Å². The number of thioether (sulfide) groups is 1. The van der Waals surface area contributed by atoms with E-state index in [-0.39, 0.29) is 11.3 Å². The van der Waals surface area contributed by atoms with Crippen molar-refractivity contribution in [3.8, 4) is 5.75 Å². The van der Waals surface area contributed by atoms with Gasteiger partial charge in [-0.05, 0) is 70.1 Å². The lowest BCUT2D eigenvalue weighted by molar-refractivity contribution is -0.132. The molecule has 46 heavy (non-hydrogen) atoms. The summed E-state index contributed by atoms with van der Waals surface area (Å²) in [6.45, 7) is 2.44. The van der Waals surface area contributed by atoms with Crippen molar-refractivity contribution in [2.75, 3.05) is 4.90 Å². The normalized spacial score (nSPS) is 15.9. The number of carbonyl (C=O) groups excluding carboxylic acids is 2. The summed E-state index contributed by atoms with van der Waals surface area (Å²) in [7, 11) is 0. The van der Waals surface area contributed by atoms with Crippen LogP contribution in [0, 0.1) is 6.92 Å². The minimum absolute atomic E-state index is 0.0150. The number of rotatable bonds is 9. The Morgan fingerprint density at radius 1 is 0.891 bits per heavy atom. The van der Waals surface area contributed by atoms with Crippen molar-refractivity contribution in [3.05, 3.63) is 141 Å². The van der Waals surface area contributed by atoms with E-state index in [0.717, 1.165) is 16.0 Å². The zero-order valence-electron chi connectivity index (χ0n) is 24.6. The molecule has 1 fully saturated rings. The predicted octanol–water partition coefficient (Wildman–Crippen LogP) is 8.56. The van der Waals surface area contributed by atoms with Gasteiger partial charge in [-0.2, -0.15) is 0 Å². The molecule has 3 heterocycles. The zero-order chi connectivity index (χ0) is 31.6. The summed E-state index contributed by atoms with van der Waals surface area (Å²) >= 11 is 4.19. The summed E-state index contributed by atoms with van der Waals surface area (Å²) in [4.78, 5) is 29.2. The van der Waals surface area contributed by atoms with Crippen LogP contribution in [-0.4, -0.2) is 27.0 Å². The van der Waals surface area contributed by atoms with Crippen LogP contribution in [0.1, 0.15) is 33.2 Å². The number of hydrogen-bond donors (Lipinski definition) is 1. The van der Waals surface area contributed by atoms with Crippen LogP contribution in [-0.2, 0) is 21.9 Å². The standard InChI is InChI=1S/C36H27N3O4S3/c1-22-8-2-3-10-25(22)20-43-27-17-15-24(16-18-27)32(40)30-31(29-14-7-19-44-29)39(34(42)33(30)41)35-37-38-36(46-35)45-21-26-12-6-11-23-9-4-5-13-28(23)26/h2-19,31,40H,20-21H2,1H3/b32-30+. The van der Waals surface area contributed by atoms with Gasteiger partial charge in [0.25, 0.3) is 5.78 Å². The number of aromatic nitrogens is 2. The molecule has 0 aliphatic carbocycles. The van der Waals surface area contributed by atoms with Crippen LogP contribution < -0.4 is 9.64 Å². The van der Waals surface area contributed by atoms with Crippen molar-refractivity contribution < 1.29 is 19.4 Å². The highest BCUT2D eigenvalue weighted by Gasteiger charge is 2.48. The van der Waals surface area contributed by atoms with Gasteiger partial charge in [0.2, 0.25) is 5.13 Å². The number of benzene rings is 4. The van der Waals surface area contributed by atoms with E-state index in [4.69, 9.17) is 4.74 Å². The largest absolute Gasteiger partial charge is 0.507 e. The highest BCUT2D eigenvalue weighted by atomic mass is 32.2. The molecule has 7 nitrogen and oxygen atoms in total. The number of Topliss-reactive ketones (excluding diaryl/α,β-unsaturated/α-hetero) is 1. The van der Waals surface area contributed by atoms with Crippen molar-refractivity contribution in [1.29, 1.82) is 0 Å². The monoisotopic (exact) mass is 661 g/mol. The Hall–Kier alpha value is -4.77. The first-order valence-corrected chi connectivity index (χ1v) is 17.2. The van der Waals surface area contributed by atoms with Gasteiger partial charge in [0.05, 0.1) is 5.57 Å². The lowest BCUT2D eigenvalue weighted by Crippen LogP contribution is -2.29. The lowest BCUT2D eigenvalue weighted by Gasteiger charge is -2.20. The molecular formula is C36H27N3O4S3. The Labute approximate surface area is 277 Å². The summed E-state index contributed by atoms with van der Waals surface area (Å²) in [5.41, 5.74) is 3.82. The van der Waals surface area contributed by atoms with Crippen molar-refractivity contribution in [2.45, 2.75) is 29.7 Å². The summed E-state index contributed by atoms with van der Waals surface area (Å²) in [6, 6.07) is 32.2. The van der Waals surface area contributed by atoms with E-state index >= 15 is 0 Å². The summed E-state index contributed by atoms with van der Waals surface area (Å²) < 4.78 is 6.63. The molecule has 4 aromatic carbocycles. The summed E-state index contributed by atoms with van der Waals surface area (Å²) in [6.07, 6.45) is 0. The van der Waals surface area contributed by atoms with Crippen molar-refractivity contribution in [1.82, 2.24) is 10.2 Å². The summed E-state index contributed by atoms with van der Waals surface area (Å²) in [5, 5.41) is 24.7. The smallest absolute Gasteiger partial charge is 0.301 e. The number of thiophene rings is 1. The molecule has 1 saturated heterocycles. The second kappa shape index (κ2) is 12.9. The Bertz CT molecular complexity index is 2080. The number of aryl methyl sites for hydroxylation is 1. The van der Waals surface area contributed by atoms with Gasteiger partial charge in [-0.15, -0.1) is 21.5 Å². The first-order valence-electron chi connectivity index (χ1n) is 14.5. The third kappa shape index (κ3) is 5.82. The van der Waals surface area contributed by atoms with E-state index in [9.17, 15) is 14.7 Å². The molecule has 0 bridgehead atoms. The molecular weight excluding hydrogens is 635 g/mol. The molecule has 1 amide bonds. The number of aliphatic hydroxyl groups is 1. The zero-order valence-corrected chi connectivity index (χ0v) is 27.1. The SMILES string of the molecule is Cc1ccccc1COc1ccc(/C(O)=C2\C(=O)C(=O)N(c3nnc(SCc4cccc5ccccc45)s3)C2c2cccs2)cc1. The van der Waals surface area contributed by atoms with Crippen LogP contribution in [0.2, 0.25) is 0 Å². The highest BCUT2D eigenvalue weighted by molar-refractivity contribution is 8.00. The van der Waals surface area contributed by atoms with Gasteiger partial charge < -0.3 is 9.84 Å². The molecule has 1 N–H and O–H groups in total. The van der Waals surface area contributed by atoms with E-state index < -0.39 is 17.7 Å². The lowest BCUT2D eigenvalue weighted by atomic mass is 10.00. The van der Waals surface area contributed by atoms with Crippen LogP contribution in [0.5, 0.6) is 5.75 Å². The quantitative estimate of drug-likeness (QED) is 0.0546. The van der Waals surface area contributed by atoms with Crippen LogP contribution in [0.3, 0.4) is 0 Å². The molecule has 0 spiro atoms. The van der Waals surface area contributed by atoms with Gasteiger partial charge in [0.15, 0.2) is 4.34 Å². The third-order valence-corrected chi connectivity index (χ3v) is 10.9. The number of ketones is 1. The first-order chi connectivity index (χ1) is 22.5. The molecule has 0 radical (unpaired) electrons. The van der Waals surface area contributed by atoms with Gasteiger partial charge in [-0.25, -0.2) is 0 Å². The number of ether oxygens (including phenoxy) is 1. The Kier molecular flexibility index (Phi) is 8.40. The van der Waals surface area contributed by atoms with E-state index in [1.54, 1.807) is 24.3 Å². The maximum atomic E-state index is 13.5. The number of nitrogens with zero attached hydrogens (tertiary/aromatic N) is 3. The molecule has 7 rings (SSSR count). The molecule has 228 valence electrons. The molecule has 1 aliphatic heterocycles. The van der Waals surface area contributed by atoms with Gasteiger partial charge >= 0.3 is 5.91 Å². The maximum Gasteiger partial charge on any atom is 0.301 e. The highest BCUT2D eigenvalue weighted by Crippen LogP contribution is 2.45. The fourth-order valence-electron chi connectivity index (χ4n) is 5.46. The number of carbonyl (C=O) groups is 2. The van der Waals surface area contributed by atoms with Crippen molar-refractivity contribution in [2.24, 2.45) is 0 Å². The van der Waals surface area contributed by atoms with Crippen LogP contribution in [0.15, 0.2) is 118 Å². The average Bonchev–Trinajstić information content (AvgIpc) is 3.84. The van der Waals surface area contributed by atoms with Crippen molar-refractivity contribution >= 4 is 67.8 Å². The number of aliphatic hydroxyl groups excluding tert-OH is 1. The van der Waals surface area contributed by atoms with Crippen LogP contribution in [0.4, 0.5) is 5.13 Å². The fraction of sp³-hybridized carbons (Fsp3) is 0.111. The summed E-state index contributed by atoms with van der Waals surface area (Å²) in [5.74, 6) is -0.471. The molecule has 1 aliphatic rings. The third-order valence-electron chi connectivity index (χ3n) is 7.87. The van der Waals surface area contributed by atoms with Crippen LogP contribution in [0.25, 0.3) is 16.5 Å². The molecule has 10 heteroatoms. The minimum atomic E-state index is -0.833. The molecule has 0 saturated carbocycles. The number of fused-ring (bicyclic) bond motifs is 1. The van der Waals surface area contributed by atoms with Crippen LogP contribution >= 0.6 is 34.4 Å². The van der Waals surface area contributed by atoms with Gasteiger partial charge in [0, 0.05) is 16.2 Å². The maximum absolute atomic E-state index is 13.5. The fourth-order valence-corrected chi connectivity index (χ4v) is 8.15. The molecule has 1 atom stereocenters. The topological polar surface area (TPSA) is 92.6 Å². The predicted molar refractivity (Wildman–Crippen MR) is 184 cm³/mol. The Morgan fingerprint density at radius 3 is 2.46 bits per heavy atom. The van der Waals surface area contributed by atoms with Crippen molar-refractivity contribution in [3.63, 3.8) is 0 Å². The second-order valence-corrected chi connectivity index (χ2v) is 13.9. The van der Waals surface area contributed by atoms with E-state index in [1.165, 1.54) is 55.7 Å². The molecule has 6 aromatic rings. The van der Waals surface area contributed by atoms with E-state index in [0.29, 0.717) is 33.1 Å². The Morgan fingerprint density at radius 2 is 1.65 bits per heavy atom. The molecule has 1 unspecified atom stereocenters. The molecule has 2 aromatic heterocycles. The Balaban J connectivity index is 1.15. The van der Waals surface area contributed by atoms with Gasteiger partial charge in [0.1, 0.15) is 24.2 Å². The van der Waals surface area contributed by atoms with Gasteiger partial charge in [-0.3, -0.25) is 14.5 Å². The first kappa shape index (κ1) is 29.9. The van der Waals surface area contributed by atoms with E-state index in [1.807, 2.05) is 66.9 Å². The average molecular weight is 662 g/mol. The van der Waals surface area contributed by atoms with Gasteiger partial charge in [-0.1, -0.05) is 95.9 Å². The minimum Gasteiger partial charge on any atom is -0.507 e. The number of amides is 1. The number of hydrogen-bond acceptors (Lipinski definition) is 9. The second-order valence-electron chi connectivity index (χ2n) is 10.7.